The van der Waals surface area contributed by atoms with Crippen LogP contribution in [0.5, 0.6) is 5.75 Å². The van der Waals surface area contributed by atoms with E-state index in [0.29, 0.717) is 12.8 Å². The highest BCUT2D eigenvalue weighted by Crippen LogP contribution is 2.27. The van der Waals surface area contributed by atoms with Crippen molar-refractivity contribution in [3.05, 3.63) is 69.8 Å². The average molecular weight is 598 g/mol. The van der Waals surface area contributed by atoms with E-state index in [2.05, 4.69) is 16.0 Å². The van der Waals surface area contributed by atoms with Crippen LogP contribution >= 0.6 is 0 Å². The number of carboxylic acids is 1. The molecule has 2 aromatic carbocycles. The molecule has 232 valence electrons. The fourth-order valence-electron chi connectivity index (χ4n) is 5.07. The van der Waals surface area contributed by atoms with Crippen LogP contribution in [0, 0.1) is 16.0 Å². The molecule has 4 atom stereocenters. The number of phenolic OH excluding ortho intramolecular Hbond substituents is 1. The molecule has 1 aliphatic rings. The highest BCUT2D eigenvalue weighted by molar-refractivity contribution is 5.94. The molecule has 0 unspecified atom stereocenters. The lowest BCUT2D eigenvalue weighted by atomic mass is 10.00. The first-order valence-corrected chi connectivity index (χ1v) is 14.3. The normalized spacial score (nSPS) is 16.7. The molecular formula is C30H39N5O8. The summed E-state index contributed by atoms with van der Waals surface area (Å²) >= 11 is 0. The molecule has 43 heavy (non-hydrogen) atoms. The monoisotopic (exact) mass is 597 g/mol. The largest absolute Gasteiger partial charge is 0.507 e. The van der Waals surface area contributed by atoms with Gasteiger partial charge in [0.15, 0.2) is 0 Å². The van der Waals surface area contributed by atoms with Gasteiger partial charge in [-0.15, -0.1) is 0 Å². The minimum Gasteiger partial charge on any atom is -0.507 e. The van der Waals surface area contributed by atoms with Gasteiger partial charge in [0.05, 0.1) is 16.5 Å². The van der Waals surface area contributed by atoms with Crippen molar-refractivity contribution in [1.82, 2.24) is 20.9 Å². The number of hydrogen-bond acceptors (Lipinski definition) is 8. The number of phenols is 1. The van der Waals surface area contributed by atoms with E-state index >= 15 is 0 Å². The lowest BCUT2D eigenvalue weighted by molar-refractivity contribution is -0.385. The first-order chi connectivity index (χ1) is 20.4. The summed E-state index contributed by atoms with van der Waals surface area (Å²) in [5.74, 6) is -3.04. The summed E-state index contributed by atoms with van der Waals surface area (Å²) in [5, 5.41) is 39.4. The van der Waals surface area contributed by atoms with E-state index in [1.807, 2.05) is 19.9 Å². The molecule has 1 heterocycles. The second kappa shape index (κ2) is 15.1. The van der Waals surface area contributed by atoms with Gasteiger partial charge in [-0.1, -0.05) is 50.2 Å². The summed E-state index contributed by atoms with van der Waals surface area (Å²) in [6.07, 6.45) is 1.27. The highest BCUT2D eigenvalue weighted by Gasteiger charge is 2.38. The summed E-state index contributed by atoms with van der Waals surface area (Å²) in [4.78, 5) is 64.0. The molecule has 2 aromatic rings. The third-order valence-electron chi connectivity index (χ3n) is 7.36. The van der Waals surface area contributed by atoms with E-state index in [9.17, 15) is 39.5 Å². The van der Waals surface area contributed by atoms with Crippen LogP contribution in [0.3, 0.4) is 0 Å². The maximum atomic E-state index is 13.6. The Morgan fingerprint density at radius 1 is 1.00 bits per heavy atom. The number of hydrogen-bond donors (Lipinski definition) is 5. The molecular weight excluding hydrogens is 558 g/mol. The zero-order valence-electron chi connectivity index (χ0n) is 24.5. The summed E-state index contributed by atoms with van der Waals surface area (Å²) in [7, 11) is 0. The minimum absolute atomic E-state index is 0.00461. The van der Waals surface area contributed by atoms with Gasteiger partial charge in [-0.05, 0) is 43.7 Å². The van der Waals surface area contributed by atoms with Crippen molar-refractivity contribution >= 4 is 29.4 Å². The Labute approximate surface area is 249 Å². The van der Waals surface area contributed by atoms with Crippen molar-refractivity contribution in [1.29, 1.82) is 0 Å². The van der Waals surface area contributed by atoms with Gasteiger partial charge in [-0.2, -0.15) is 0 Å². The number of likely N-dealkylation sites (tertiary alicyclic amines) is 1. The number of rotatable bonds is 14. The average Bonchev–Trinajstić information content (AvgIpc) is 3.46. The van der Waals surface area contributed by atoms with Crippen LogP contribution in [0.1, 0.15) is 51.2 Å². The molecule has 0 spiro atoms. The summed E-state index contributed by atoms with van der Waals surface area (Å²) in [5.41, 5.74) is 0.471. The van der Waals surface area contributed by atoms with Gasteiger partial charge in [0.25, 0.3) is 5.69 Å². The van der Waals surface area contributed by atoms with Crippen molar-refractivity contribution < 1.29 is 34.3 Å². The van der Waals surface area contributed by atoms with E-state index in [1.165, 1.54) is 30.0 Å². The van der Waals surface area contributed by atoms with Crippen LogP contribution in [0.15, 0.2) is 48.5 Å². The van der Waals surface area contributed by atoms with Crippen LogP contribution in [0.4, 0.5) is 5.69 Å². The van der Waals surface area contributed by atoms with E-state index in [-0.39, 0.29) is 48.8 Å². The number of aromatic hydroxyl groups is 1. The maximum absolute atomic E-state index is 13.6. The van der Waals surface area contributed by atoms with Gasteiger partial charge >= 0.3 is 5.97 Å². The van der Waals surface area contributed by atoms with Crippen LogP contribution < -0.4 is 16.0 Å². The van der Waals surface area contributed by atoms with Crippen LogP contribution in [0.2, 0.25) is 0 Å². The SMILES string of the molecule is CC(C)C[C@H](NC(=O)[C@H](Cc1ccccc1)NC(=O)[C@H](C)NCc1c(O)cccc1[N+](=O)[O-])C(=O)N1CCC[C@H]1C(=O)O. The lowest BCUT2D eigenvalue weighted by Gasteiger charge is -2.30. The van der Waals surface area contributed by atoms with Crippen molar-refractivity contribution in [2.75, 3.05) is 6.54 Å². The molecule has 3 rings (SSSR count). The number of carbonyl (C=O) groups excluding carboxylic acids is 3. The standard InChI is InChI=1S/C30H39N5O8/c1-18(2)15-23(29(39)34-14-8-12-25(34)30(40)41)33-28(38)22(16-20-9-5-4-6-10-20)32-27(37)19(3)31-17-21-24(35(42)43)11-7-13-26(21)36/h4-7,9-11,13,18-19,22-23,25,31,36H,8,12,14-17H2,1-3H3,(H,32,37)(H,33,38)(H,40,41)/t19-,22-,23-,25-/m0/s1. The van der Waals surface area contributed by atoms with Gasteiger partial charge in [0, 0.05) is 25.6 Å². The number of nitrogens with one attached hydrogen (secondary N) is 3. The summed E-state index contributed by atoms with van der Waals surface area (Å²) in [6, 6.07) is 8.95. The summed E-state index contributed by atoms with van der Waals surface area (Å²) < 4.78 is 0. The zero-order valence-corrected chi connectivity index (χ0v) is 24.5. The molecule has 0 aromatic heterocycles. The molecule has 13 heteroatoms. The Kier molecular flexibility index (Phi) is 11.6. The Morgan fingerprint density at radius 2 is 1.67 bits per heavy atom. The number of nitrogens with zero attached hydrogens (tertiary/aromatic N) is 2. The molecule has 0 bridgehead atoms. The smallest absolute Gasteiger partial charge is 0.326 e. The third kappa shape index (κ3) is 8.98. The Hall–Kier alpha value is -4.52. The van der Waals surface area contributed by atoms with Crippen LogP contribution in [0.25, 0.3) is 0 Å². The predicted molar refractivity (Wildman–Crippen MR) is 157 cm³/mol. The Balaban J connectivity index is 1.77. The second-order valence-electron chi connectivity index (χ2n) is 11.1. The third-order valence-corrected chi connectivity index (χ3v) is 7.36. The van der Waals surface area contributed by atoms with Gasteiger partial charge in [0.2, 0.25) is 17.7 Å². The minimum atomic E-state index is -1.09. The highest BCUT2D eigenvalue weighted by atomic mass is 16.6. The second-order valence-corrected chi connectivity index (χ2v) is 11.1. The number of nitro groups is 1. The van der Waals surface area contributed by atoms with Gasteiger partial charge < -0.3 is 31.1 Å². The Bertz CT molecular complexity index is 1320. The molecule has 5 N–H and O–H groups in total. The molecule has 1 fully saturated rings. The molecule has 1 saturated heterocycles. The maximum Gasteiger partial charge on any atom is 0.326 e. The number of carboxylic acid groups (broad SMARTS) is 1. The quantitative estimate of drug-likeness (QED) is 0.160. The number of benzene rings is 2. The fourth-order valence-corrected chi connectivity index (χ4v) is 5.07. The van der Waals surface area contributed by atoms with E-state index in [0.717, 1.165) is 5.56 Å². The molecule has 0 aliphatic carbocycles. The first kappa shape index (κ1) is 33.0. The summed E-state index contributed by atoms with van der Waals surface area (Å²) in [6.45, 7) is 5.39. The molecule has 1 aliphatic heterocycles. The number of amides is 3. The molecule has 3 amide bonds. The number of aliphatic carboxylic acids is 1. The number of carbonyl (C=O) groups is 4. The number of nitro benzene ring substituents is 1. The van der Waals surface area contributed by atoms with Crippen LogP contribution in [-0.4, -0.2) is 74.4 Å². The molecule has 0 saturated carbocycles. The van der Waals surface area contributed by atoms with Crippen molar-refractivity contribution in [2.45, 2.75) is 77.2 Å². The zero-order chi connectivity index (χ0) is 31.7. The van der Waals surface area contributed by atoms with Crippen molar-refractivity contribution in [3.8, 4) is 5.75 Å². The van der Waals surface area contributed by atoms with Crippen molar-refractivity contribution in [2.24, 2.45) is 5.92 Å². The van der Waals surface area contributed by atoms with Crippen molar-refractivity contribution in [3.63, 3.8) is 0 Å². The first-order valence-electron chi connectivity index (χ1n) is 14.3. The van der Waals surface area contributed by atoms with Crippen LogP contribution in [-0.2, 0) is 32.1 Å². The van der Waals surface area contributed by atoms with Gasteiger partial charge in [0.1, 0.15) is 23.9 Å². The molecule has 13 nitrogen and oxygen atoms in total. The predicted octanol–water partition coefficient (Wildman–Crippen LogP) is 2.11. The van der Waals surface area contributed by atoms with E-state index in [1.54, 1.807) is 24.3 Å². The Morgan fingerprint density at radius 3 is 2.30 bits per heavy atom. The fraction of sp³-hybridized carbons (Fsp3) is 0.467. The lowest BCUT2D eigenvalue weighted by Crippen LogP contribution is -2.58. The van der Waals surface area contributed by atoms with E-state index in [4.69, 9.17) is 0 Å². The van der Waals surface area contributed by atoms with Gasteiger partial charge in [-0.25, -0.2) is 4.79 Å². The van der Waals surface area contributed by atoms with E-state index < -0.39 is 52.8 Å². The van der Waals surface area contributed by atoms with Gasteiger partial charge in [-0.3, -0.25) is 24.5 Å². The topological polar surface area (TPSA) is 191 Å². The molecule has 0 radical (unpaired) electrons.